The molecule has 2 aromatic rings. The Morgan fingerprint density at radius 1 is 0.786 bits per heavy atom. The Bertz CT molecular complexity index is 790. The van der Waals surface area contributed by atoms with Crippen molar-refractivity contribution in [2.24, 2.45) is 0 Å². The van der Waals surface area contributed by atoms with Gasteiger partial charge in [0.1, 0.15) is 0 Å². The van der Waals surface area contributed by atoms with Crippen LogP contribution in [0.4, 0.5) is 22.0 Å². The molecule has 0 radical (unpaired) electrons. The van der Waals surface area contributed by atoms with Crippen LogP contribution in [-0.2, 0) is 0 Å². The summed E-state index contributed by atoms with van der Waals surface area (Å²) in [5.41, 5.74) is 0.813. The van der Waals surface area contributed by atoms with Crippen molar-refractivity contribution in [1.82, 2.24) is 0 Å². The first-order valence-corrected chi connectivity index (χ1v) is 8.91. The van der Waals surface area contributed by atoms with Gasteiger partial charge < -0.3 is 5.11 Å². The molecule has 0 aliphatic carbocycles. The molecule has 0 bridgehead atoms. The summed E-state index contributed by atoms with van der Waals surface area (Å²) in [6.45, 7) is 7.26. The highest BCUT2D eigenvalue weighted by molar-refractivity contribution is 5.87. The zero-order valence-corrected chi connectivity index (χ0v) is 16.1. The maximum Gasteiger partial charge on any atom is 0.335 e. The lowest BCUT2D eigenvalue weighted by atomic mass is 9.97. The van der Waals surface area contributed by atoms with E-state index in [2.05, 4.69) is 13.8 Å². The average Bonchev–Trinajstić information content (AvgIpc) is 2.70. The van der Waals surface area contributed by atoms with E-state index in [1.807, 2.05) is 12.1 Å². The van der Waals surface area contributed by atoms with Gasteiger partial charge >= 0.3 is 5.97 Å². The van der Waals surface area contributed by atoms with Gasteiger partial charge in [0.25, 0.3) is 0 Å². The van der Waals surface area contributed by atoms with Gasteiger partial charge in [0.05, 0.1) is 5.56 Å². The van der Waals surface area contributed by atoms with Crippen molar-refractivity contribution in [2.45, 2.75) is 52.4 Å². The van der Waals surface area contributed by atoms with E-state index in [-0.39, 0.29) is 0 Å². The Morgan fingerprint density at radius 2 is 1.18 bits per heavy atom. The smallest absolute Gasteiger partial charge is 0.335 e. The van der Waals surface area contributed by atoms with E-state index in [1.54, 1.807) is 19.1 Å². The second-order valence-electron chi connectivity index (χ2n) is 6.53. The topological polar surface area (TPSA) is 37.3 Å². The van der Waals surface area contributed by atoms with Crippen molar-refractivity contribution >= 4 is 5.97 Å². The molecule has 0 aliphatic rings. The fraction of sp³-hybridized carbons (Fsp3) is 0.381. The average molecular weight is 402 g/mol. The van der Waals surface area contributed by atoms with E-state index in [1.165, 1.54) is 12.5 Å². The van der Waals surface area contributed by atoms with Crippen molar-refractivity contribution in [3.8, 4) is 0 Å². The third kappa shape index (κ3) is 5.30. The zero-order chi connectivity index (χ0) is 21.6. The lowest BCUT2D eigenvalue weighted by molar-refractivity contribution is 0.0697. The molecule has 0 aromatic heterocycles. The first-order valence-electron chi connectivity index (χ1n) is 8.91. The molecule has 1 N–H and O–H groups in total. The third-order valence-corrected chi connectivity index (χ3v) is 4.69. The van der Waals surface area contributed by atoms with Gasteiger partial charge in [-0.15, -0.1) is 0 Å². The van der Waals surface area contributed by atoms with Crippen LogP contribution in [-0.4, -0.2) is 11.1 Å². The molecule has 0 fully saturated rings. The fourth-order valence-corrected chi connectivity index (χ4v) is 2.45. The number of carboxylic acid groups (broad SMARTS) is 1. The first kappa shape index (κ1) is 23.6. The molecule has 0 amide bonds. The number of benzene rings is 2. The lowest BCUT2D eigenvalue weighted by Gasteiger charge is -2.12. The van der Waals surface area contributed by atoms with E-state index >= 15 is 0 Å². The predicted octanol–water partition coefficient (Wildman–Crippen LogP) is 6.79. The number of aromatic carboxylic acids is 1. The summed E-state index contributed by atoms with van der Waals surface area (Å²) < 4.78 is 64.4. The van der Waals surface area contributed by atoms with Crippen molar-refractivity contribution in [3.05, 3.63) is 70.0 Å². The van der Waals surface area contributed by atoms with Crippen LogP contribution in [0.1, 0.15) is 73.9 Å². The van der Waals surface area contributed by atoms with Crippen LogP contribution in [0, 0.1) is 29.1 Å². The zero-order valence-electron chi connectivity index (χ0n) is 16.1. The van der Waals surface area contributed by atoms with E-state index < -0.39 is 46.5 Å². The highest BCUT2D eigenvalue weighted by atomic mass is 19.2. The van der Waals surface area contributed by atoms with E-state index in [0.717, 1.165) is 6.42 Å². The van der Waals surface area contributed by atoms with Crippen molar-refractivity contribution in [3.63, 3.8) is 0 Å². The molecule has 0 aliphatic heterocycles. The van der Waals surface area contributed by atoms with Crippen LogP contribution >= 0.6 is 0 Å². The Labute approximate surface area is 161 Å². The van der Waals surface area contributed by atoms with E-state index in [0.29, 0.717) is 17.9 Å². The van der Waals surface area contributed by atoms with Crippen LogP contribution in [0.25, 0.3) is 0 Å². The Kier molecular flexibility index (Phi) is 8.60. The number of halogens is 5. The van der Waals surface area contributed by atoms with Crippen LogP contribution in [0.15, 0.2) is 24.3 Å². The number of rotatable bonds is 5. The number of hydrogen-bond acceptors (Lipinski definition) is 1. The lowest BCUT2D eigenvalue weighted by Crippen LogP contribution is -2.09. The van der Waals surface area contributed by atoms with Gasteiger partial charge in [-0.2, -0.15) is 0 Å². The van der Waals surface area contributed by atoms with Gasteiger partial charge in [0.2, 0.25) is 5.82 Å². The van der Waals surface area contributed by atoms with Crippen LogP contribution < -0.4 is 0 Å². The van der Waals surface area contributed by atoms with Gasteiger partial charge in [-0.25, -0.2) is 26.7 Å². The maximum absolute atomic E-state index is 13.1. The van der Waals surface area contributed by atoms with Crippen molar-refractivity contribution in [2.75, 3.05) is 0 Å². The number of hydrogen-bond donors (Lipinski definition) is 1. The fourth-order valence-electron chi connectivity index (χ4n) is 2.45. The number of carboxylic acids is 1. The Morgan fingerprint density at radius 3 is 1.54 bits per heavy atom. The molecular formula is C21H23F5O2. The minimum atomic E-state index is -2.11. The molecule has 2 unspecified atom stereocenters. The molecule has 154 valence electrons. The van der Waals surface area contributed by atoms with Crippen LogP contribution in [0.2, 0.25) is 0 Å². The highest BCUT2D eigenvalue weighted by Crippen LogP contribution is 2.30. The standard InChI is InChI=1S/C11H14O2.C10H9F5/c1-3-8(2)9-4-6-10(7-5-9)11(12)13;1-3-4(2)5-6(11)8(13)10(15)9(14)7(5)12/h4-8H,3H2,1-2H3,(H,12,13);4H,3H2,1-2H3. The largest absolute Gasteiger partial charge is 0.478 e. The summed E-state index contributed by atoms with van der Waals surface area (Å²) in [6.07, 6.45) is 1.37. The van der Waals surface area contributed by atoms with E-state index in [9.17, 15) is 26.7 Å². The van der Waals surface area contributed by atoms with Gasteiger partial charge in [-0.1, -0.05) is 39.8 Å². The quantitative estimate of drug-likeness (QED) is 0.339. The number of carbonyl (C=O) groups is 1. The molecule has 7 heteroatoms. The monoisotopic (exact) mass is 402 g/mol. The molecule has 0 saturated carbocycles. The van der Waals surface area contributed by atoms with Gasteiger partial charge in [0, 0.05) is 5.56 Å². The minimum absolute atomic E-state index is 0.290. The second kappa shape index (κ2) is 10.2. The predicted molar refractivity (Wildman–Crippen MR) is 97.0 cm³/mol. The molecule has 2 rings (SSSR count). The summed E-state index contributed by atoms with van der Waals surface area (Å²) in [5, 5.41) is 8.67. The highest BCUT2D eigenvalue weighted by Gasteiger charge is 2.27. The second-order valence-corrected chi connectivity index (χ2v) is 6.53. The summed E-state index contributed by atoms with van der Waals surface area (Å²) in [7, 11) is 0. The summed E-state index contributed by atoms with van der Waals surface area (Å²) >= 11 is 0. The summed E-state index contributed by atoms with van der Waals surface area (Å²) in [5.74, 6) is -10.4. The SMILES string of the molecule is CCC(C)c1c(F)c(F)c(F)c(F)c1F.CCC(C)c1ccc(C(=O)O)cc1. The molecule has 0 saturated heterocycles. The molecule has 2 atom stereocenters. The van der Waals surface area contributed by atoms with E-state index in [4.69, 9.17) is 5.11 Å². The van der Waals surface area contributed by atoms with Gasteiger partial charge in [-0.05, 0) is 42.4 Å². The van der Waals surface area contributed by atoms with Crippen LogP contribution in [0.5, 0.6) is 0 Å². The summed E-state index contributed by atoms with van der Waals surface area (Å²) in [4.78, 5) is 10.6. The third-order valence-electron chi connectivity index (χ3n) is 4.69. The molecular weight excluding hydrogens is 379 g/mol. The molecule has 28 heavy (non-hydrogen) atoms. The first-order chi connectivity index (χ1) is 13.1. The van der Waals surface area contributed by atoms with Crippen molar-refractivity contribution < 1.29 is 31.9 Å². The van der Waals surface area contributed by atoms with Crippen LogP contribution in [0.3, 0.4) is 0 Å². The van der Waals surface area contributed by atoms with Gasteiger partial charge in [0.15, 0.2) is 23.3 Å². The van der Waals surface area contributed by atoms with Crippen molar-refractivity contribution in [1.29, 1.82) is 0 Å². The molecule has 2 aromatic carbocycles. The normalized spacial score (nSPS) is 12.8. The molecule has 0 heterocycles. The van der Waals surface area contributed by atoms with Gasteiger partial charge in [-0.3, -0.25) is 0 Å². The molecule has 0 spiro atoms. The summed E-state index contributed by atoms with van der Waals surface area (Å²) in [6, 6.07) is 7.09. The maximum atomic E-state index is 13.1. The Balaban J connectivity index is 0.000000283. The molecule has 2 nitrogen and oxygen atoms in total. The minimum Gasteiger partial charge on any atom is -0.478 e. The Hall–Kier alpha value is -2.44.